The maximum atomic E-state index is 6.57. The second-order valence-electron chi connectivity index (χ2n) is 15.5. The molecule has 5 aromatic carbocycles. The Hall–Kier alpha value is -5.48. The zero-order chi connectivity index (χ0) is 37.7. The van der Waals surface area contributed by atoms with Crippen LogP contribution in [0.25, 0.3) is 77.3 Å². The molecular weight excluding hydrogens is 851 g/mol. The van der Waals surface area contributed by atoms with E-state index in [4.69, 9.17) is 14.4 Å². The molecule has 0 spiro atoms. The van der Waals surface area contributed by atoms with E-state index in [-0.39, 0.29) is 25.5 Å². The molecule has 0 fully saturated rings. The molecule has 0 aliphatic heterocycles. The van der Waals surface area contributed by atoms with Crippen molar-refractivity contribution in [1.82, 2.24) is 15.0 Å². The minimum Gasteiger partial charge on any atom is -0.498 e. The Bertz CT molecular complexity index is 2800. The van der Waals surface area contributed by atoms with Gasteiger partial charge in [0, 0.05) is 49.0 Å². The first-order valence-corrected chi connectivity index (χ1v) is 18.5. The third kappa shape index (κ3) is 7.47. The molecule has 9 rings (SSSR count). The molecule has 0 N–H and O–H groups in total. The van der Waals surface area contributed by atoms with Crippen LogP contribution in [0.15, 0.2) is 120 Å². The van der Waals surface area contributed by atoms with Gasteiger partial charge in [-0.05, 0) is 101 Å². The van der Waals surface area contributed by atoms with Crippen LogP contribution in [0, 0.1) is 46.8 Å². The molecule has 0 saturated carbocycles. The van der Waals surface area contributed by atoms with E-state index in [0.29, 0.717) is 0 Å². The topological polar surface area (TPSA) is 51.8 Å². The quantitative estimate of drug-likeness (QED) is 0.166. The number of aryl methyl sites for hydroxylation is 5. The van der Waals surface area contributed by atoms with Crippen molar-refractivity contribution in [3.05, 3.63) is 161 Å². The summed E-state index contributed by atoms with van der Waals surface area (Å²) in [6, 6.07) is 42.9. The van der Waals surface area contributed by atoms with Gasteiger partial charge in [0.1, 0.15) is 11.1 Å². The van der Waals surface area contributed by atoms with Gasteiger partial charge in [0.2, 0.25) is 0 Å². The normalized spacial score (nSPS) is 11.5. The fraction of sp³-hybridized carbons (Fsp3) is 0.180. The molecule has 0 saturated heterocycles. The van der Waals surface area contributed by atoms with Crippen molar-refractivity contribution in [2.75, 3.05) is 0 Å². The summed E-state index contributed by atoms with van der Waals surface area (Å²) < 4.78 is 6.57. The number of hydrogen-bond acceptors (Lipinski definition) is 4. The minimum absolute atomic E-state index is 0. The number of benzene rings is 5. The predicted octanol–water partition coefficient (Wildman–Crippen LogP) is 13.2. The van der Waals surface area contributed by atoms with Crippen molar-refractivity contribution in [1.29, 1.82) is 0 Å². The maximum absolute atomic E-state index is 6.57. The minimum atomic E-state index is 0. The maximum Gasteiger partial charge on any atom is 0.147 e. The third-order valence-electron chi connectivity index (χ3n) is 10.3. The number of aromatic nitrogens is 3. The van der Waals surface area contributed by atoms with Crippen LogP contribution in [0.1, 0.15) is 54.3 Å². The van der Waals surface area contributed by atoms with Crippen LogP contribution >= 0.6 is 0 Å². The van der Waals surface area contributed by atoms with E-state index < -0.39 is 0 Å². The van der Waals surface area contributed by atoms with Gasteiger partial charge in [-0.3, -0.25) is 0 Å². The van der Waals surface area contributed by atoms with Gasteiger partial charge in [0.05, 0.1) is 5.58 Å². The van der Waals surface area contributed by atoms with Crippen molar-refractivity contribution >= 4 is 43.6 Å². The van der Waals surface area contributed by atoms with Crippen LogP contribution in [0.3, 0.4) is 0 Å². The van der Waals surface area contributed by atoms with Crippen LogP contribution in [-0.2, 0) is 25.5 Å². The van der Waals surface area contributed by atoms with Gasteiger partial charge in [0.25, 0.3) is 0 Å². The van der Waals surface area contributed by atoms with E-state index in [1.165, 1.54) is 44.2 Å². The Balaban J connectivity index is 0.000000262. The molecule has 5 heteroatoms. The van der Waals surface area contributed by atoms with Gasteiger partial charge in [-0.15, -0.1) is 53.6 Å². The van der Waals surface area contributed by atoms with Crippen LogP contribution in [0.5, 0.6) is 0 Å². The van der Waals surface area contributed by atoms with Crippen molar-refractivity contribution in [2.45, 2.75) is 60.8 Å². The third-order valence-corrected chi connectivity index (χ3v) is 10.3. The van der Waals surface area contributed by atoms with Gasteiger partial charge in [0.15, 0.2) is 0 Å². The first-order chi connectivity index (χ1) is 25.9. The van der Waals surface area contributed by atoms with Crippen molar-refractivity contribution in [3.8, 4) is 33.6 Å². The van der Waals surface area contributed by atoms with Crippen LogP contribution in [0.2, 0.25) is 0 Å². The van der Waals surface area contributed by atoms with Crippen LogP contribution in [0.4, 0.5) is 0 Å². The second kappa shape index (κ2) is 15.0. The number of rotatable bonds is 3. The van der Waals surface area contributed by atoms with E-state index >= 15 is 0 Å². The van der Waals surface area contributed by atoms with Crippen molar-refractivity contribution < 1.29 is 24.5 Å². The smallest absolute Gasteiger partial charge is 0.147 e. The molecule has 4 nitrogen and oxygen atoms in total. The van der Waals surface area contributed by atoms with E-state index in [1.807, 2.05) is 56.6 Å². The molecule has 0 atom stereocenters. The number of fused-ring (bicyclic) bond motifs is 6. The van der Waals surface area contributed by atoms with Crippen molar-refractivity contribution in [2.24, 2.45) is 0 Å². The van der Waals surface area contributed by atoms with E-state index in [1.54, 1.807) is 0 Å². The van der Waals surface area contributed by atoms with Crippen molar-refractivity contribution in [3.63, 3.8) is 0 Å². The molecule has 9 aromatic rings. The molecule has 0 unspecified atom stereocenters. The average Bonchev–Trinajstić information content (AvgIpc) is 3.55. The number of nitrogens with zero attached hydrogens (tertiary/aromatic N) is 3. The van der Waals surface area contributed by atoms with Crippen LogP contribution in [-0.4, -0.2) is 15.0 Å². The van der Waals surface area contributed by atoms with E-state index in [9.17, 15) is 0 Å². The summed E-state index contributed by atoms with van der Waals surface area (Å²) in [6.07, 6.45) is 3.84. The molecule has 4 heterocycles. The first-order valence-electron chi connectivity index (χ1n) is 18.5. The molecular formula is C50H43IrN3O-2. The van der Waals surface area contributed by atoms with Gasteiger partial charge >= 0.3 is 0 Å². The van der Waals surface area contributed by atoms with E-state index in [2.05, 4.69) is 131 Å². The molecule has 4 aromatic heterocycles. The summed E-state index contributed by atoms with van der Waals surface area (Å²) in [5.74, 6) is 0. The number of hydrogen-bond donors (Lipinski definition) is 0. The Morgan fingerprint density at radius 2 is 1.31 bits per heavy atom. The van der Waals surface area contributed by atoms with Gasteiger partial charge in [-0.1, -0.05) is 99.3 Å². The number of pyridine rings is 3. The second-order valence-corrected chi connectivity index (χ2v) is 15.5. The molecule has 0 amide bonds. The largest absolute Gasteiger partial charge is 0.498 e. The zero-order valence-corrected chi connectivity index (χ0v) is 34.9. The molecule has 275 valence electrons. The zero-order valence-electron chi connectivity index (χ0n) is 32.6. The predicted molar refractivity (Wildman–Crippen MR) is 225 cm³/mol. The summed E-state index contributed by atoms with van der Waals surface area (Å²) in [6.45, 7) is 17.2. The molecule has 0 aliphatic carbocycles. The summed E-state index contributed by atoms with van der Waals surface area (Å²) in [7, 11) is 0. The molecule has 0 bridgehead atoms. The summed E-state index contributed by atoms with van der Waals surface area (Å²) in [5, 5.41) is 5.70. The van der Waals surface area contributed by atoms with Gasteiger partial charge in [-0.2, -0.15) is 0 Å². The molecule has 1 radical (unpaired) electrons. The van der Waals surface area contributed by atoms with E-state index in [0.717, 1.165) is 66.6 Å². The number of furan rings is 1. The standard InChI is InChI=1S/C37H31N2O.C13H12N.Ir/c1-21-16-26-17-27(37(4,5)6)14-12-25(26)18-31(21)32-19-33(38-20-22(32)2)30-9-7-8-28-29-15-13-24-11-10-23(3)39-34(24)36(29)40-35(28)30;1-10-3-6-12(7-4-10)13-8-5-11(2)9-14-13;/h7-8,10-20H,1-6H3;3-6,8-9H,1-2H3;/q2*-1;. The summed E-state index contributed by atoms with van der Waals surface area (Å²) >= 11 is 0. The Labute approximate surface area is 337 Å². The van der Waals surface area contributed by atoms with Gasteiger partial charge in [-0.25, -0.2) is 4.98 Å². The molecule has 55 heavy (non-hydrogen) atoms. The molecule has 0 aliphatic rings. The van der Waals surface area contributed by atoms with Crippen LogP contribution < -0.4 is 0 Å². The fourth-order valence-electron chi connectivity index (χ4n) is 7.08. The Kier molecular flexibility index (Phi) is 10.3. The first kappa shape index (κ1) is 37.8. The Morgan fingerprint density at radius 3 is 2.05 bits per heavy atom. The average molecular weight is 894 g/mol. The summed E-state index contributed by atoms with van der Waals surface area (Å²) in [5.41, 5.74) is 15.9. The SMILES string of the molecule is Cc1c[c-]c(-c2ccc(C)cn2)cc1.Cc1ccc2ccc3c4cc[c-]c(-c5cc(-c6cc7ccc(C(C)(C)C)cc7cc6C)c(C)cn5)c4oc3c2n1.[Ir]. The monoisotopic (exact) mass is 894 g/mol. The summed E-state index contributed by atoms with van der Waals surface area (Å²) in [4.78, 5) is 14.0. The Morgan fingerprint density at radius 1 is 0.582 bits per heavy atom. The fourth-order valence-corrected chi connectivity index (χ4v) is 7.08. The van der Waals surface area contributed by atoms with Gasteiger partial charge < -0.3 is 14.4 Å².